The first-order valence-corrected chi connectivity index (χ1v) is 7.26. The quantitative estimate of drug-likeness (QED) is 0.925. The maximum atomic E-state index is 12.7. The van der Waals surface area contributed by atoms with Gasteiger partial charge in [0, 0.05) is 25.1 Å². The van der Waals surface area contributed by atoms with Gasteiger partial charge in [0.25, 0.3) is 5.91 Å². The molecule has 1 N–H and O–H groups in total. The number of benzene rings is 1. The number of aromatic amines is 1. The van der Waals surface area contributed by atoms with E-state index in [-0.39, 0.29) is 11.8 Å². The highest BCUT2D eigenvalue weighted by Gasteiger charge is 2.23. The second-order valence-electron chi connectivity index (χ2n) is 5.65. The van der Waals surface area contributed by atoms with Crippen molar-refractivity contribution in [2.24, 2.45) is 0 Å². The van der Waals surface area contributed by atoms with E-state index >= 15 is 0 Å². The van der Waals surface area contributed by atoms with Crippen LogP contribution in [0.2, 0.25) is 0 Å². The minimum atomic E-state index is 0.0504. The van der Waals surface area contributed by atoms with Crippen LogP contribution in [-0.2, 0) is 12.8 Å². The van der Waals surface area contributed by atoms with Crippen LogP contribution in [0.3, 0.4) is 0 Å². The van der Waals surface area contributed by atoms with Crippen LogP contribution in [0.5, 0.6) is 0 Å². The maximum absolute atomic E-state index is 12.7. The summed E-state index contributed by atoms with van der Waals surface area (Å²) in [4.78, 5) is 14.4. The van der Waals surface area contributed by atoms with Crippen molar-refractivity contribution in [2.45, 2.75) is 32.1 Å². The first-order chi connectivity index (χ1) is 10.2. The highest BCUT2D eigenvalue weighted by molar-refractivity contribution is 5.96. The molecule has 0 saturated heterocycles. The number of tetrazole rings is 1. The van der Waals surface area contributed by atoms with Gasteiger partial charge in [-0.25, -0.2) is 0 Å². The first-order valence-electron chi connectivity index (χ1n) is 7.26. The number of aryl methyl sites for hydroxylation is 1. The molecule has 0 aliphatic heterocycles. The molecule has 0 fully saturated rings. The van der Waals surface area contributed by atoms with E-state index in [0.29, 0.717) is 12.4 Å². The van der Waals surface area contributed by atoms with E-state index in [1.54, 1.807) is 4.90 Å². The Balaban J connectivity index is 1.75. The van der Waals surface area contributed by atoms with Crippen molar-refractivity contribution in [1.82, 2.24) is 25.5 Å². The fraction of sp³-hybridized carbons (Fsp3) is 0.467. The summed E-state index contributed by atoms with van der Waals surface area (Å²) in [6.07, 6.45) is 3.23. The number of fused-ring (bicyclic) bond motifs is 1. The molecule has 6 heteroatoms. The molecule has 21 heavy (non-hydrogen) atoms. The molecule has 1 aromatic carbocycles. The molecule has 1 atom stereocenters. The number of nitrogens with zero attached hydrogens (tertiary/aromatic N) is 4. The average Bonchev–Trinajstić information content (AvgIpc) is 3.16. The minimum Gasteiger partial charge on any atom is -0.341 e. The summed E-state index contributed by atoms with van der Waals surface area (Å²) in [6.45, 7) is 2.56. The van der Waals surface area contributed by atoms with Crippen LogP contribution in [-0.4, -0.2) is 45.0 Å². The van der Waals surface area contributed by atoms with Crippen molar-refractivity contribution >= 4 is 5.91 Å². The molecule has 0 spiro atoms. The van der Waals surface area contributed by atoms with E-state index in [1.165, 1.54) is 11.1 Å². The minimum absolute atomic E-state index is 0.0504. The molecule has 1 unspecified atom stereocenters. The van der Waals surface area contributed by atoms with Crippen LogP contribution in [0.25, 0.3) is 0 Å². The molecular weight excluding hydrogens is 266 g/mol. The molecule has 0 radical (unpaired) electrons. The van der Waals surface area contributed by atoms with E-state index in [0.717, 1.165) is 24.8 Å². The molecule has 0 saturated carbocycles. The number of aromatic nitrogens is 4. The van der Waals surface area contributed by atoms with E-state index in [4.69, 9.17) is 0 Å². The molecule has 1 aromatic heterocycles. The van der Waals surface area contributed by atoms with Gasteiger partial charge in [0.1, 0.15) is 0 Å². The Kier molecular flexibility index (Phi) is 3.68. The number of H-pyrrole nitrogens is 1. The third-order valence-electron chi connectivity index (χ3n) is 4.07. The summed E-state index contributed by atoms with van der Waals surface area (Å²) >= 11 is 0. The van der Waals surface area contributed by atoms with Crippen molar-refractivity contribution in [2.75, 3.05) is 13.6 Å². The Morgan fingerprint density at radius 3 is 3.05 bits per heavy atom. The normalized spacial score (nSPS) is 14.8. The van der Waals surface area contributed by atoms with Crippen LogP contribution in [0.4, 0.5) is 0 Å². The van der Waals surface area contributed by atoms with Crippen molar-refractivity contribution in [3.8, 4) is 0 Å². The van der Waals surface area contributed by atoms with Gasteiger partial charge < -0.3 is 4.90 Å². The molecule has 110 valence electrons. The van der Waals surface area contributed by atoms with Gasteiger partial charge in [-0.1, -0.05) is 24.3 Å². The largest absolute Gasteiger partial charge is 0.341 e. The predicted octanol–water partition coefficient (Wildman–Crippen LogP) is 1.56. The smallest absolute Gasteiger partial charge is 0.253 e. The standard InChI is InChI=1S/C15H19N5O/c1-10(14-16-18-19-17-14)9-20(2)15(21)13-8-4-6-11-5-3-7-12(11)13/h4,6,8,10H,3,5,7,9H2,1-2H3,(H,16,17,18,19). The third kappa shape index (κ3) is 2.66. The monoisotopic (exact) mass is 285 g/mol. The lowest BCUT2D eigenvalue weighted by Gasteiger charge is -2.21. The Morgan fingerprint density at radius 2 is 2.29 bits per heavy atom. The molecule has 0 bridgehead atoms. The lowest BCUT2D eigenvalue weighted by Crippen LogP contribution is -2.31. The Labute approximate surface area is 123 Å². The number of hydrogen-bond donors (Lipinski definition) is 1. The van der Waals surface area contributed by atoms with E-state index in [2.05, 4.69) is 26.7 Å². The van der Waals surface area contributed by atoms with Crippen LogP contribution in [0.15, 0.2) is 18.2 Å². The van der Waals surface area contributed by atoms with Gasteiger partial charge >= 0.3 is 0 Å². The highest BCUT2D eigenvalue weighted by Crippen LogP contribution is 2.26. The van der Waals surface area contributed by atoms with Crippen LogP contribution in [0.1, 0.15) is 46.6 Å². The van der Waals surface area contributed by atoms with Gasteiger partial charge in [0.15, 0.2) is 5.82 Å². The van der Waals surface area contributed by atoms with Crippen LogP contribution < -0.4 is 0 Å². The Morgan fingerprint density at radius 1 is 1.43 bits per heavy atom. The maximum Gasteiger partial charge on any atom is 0.253 e. The molecule has 1 aliphatic rings. The molecule has 6 nitrogen and oxygen atoms in total. The zero-order valence-corrected chi connectivity index (χ0v) is 12.3. The summed E-state index contributed by atoms with van der Waals surface area (Å²) in [5.74, 6) is 0.756. The fourth-order valence-corrected chi connectivity index (χ4v) is 2.98. The summed E-state index contributed by atoms with van der Waals surface area (Å²) in [6, 6.07) is 6.04. The molecule has 2 aromatic rings. The number of amides is 1. The third-order valence-corrected chi connectivity index (χ3v) is 4.07. The van der Waals surface area contributed by atoms with Gasteiger partial charge in [-0.2, -0.15) is 5.21 Å². The fourth-order valence-electron chi connectivity index (χ4n) is 2.98. The van der Waals surface area contributed by atoms with Gasteiger partial charge in [0.2, 0.25) is 0 Å². The van der Waals surface area contributed by atoms with Crippen LogP contribution in [0, 0.1) is 0 Å². The van der Waals surface area contributed by atoms with Gasteiger partial charge in [-0.15, -0.1) is 10.2 Å². The summed E-state index contributed by atoms with van der Waals surface area (Å²) in [5.41, 5.74) is 3.38. The number of hydrogen-bond acceptors (Lipinski definition) is 4. The highest BCUT2D eigenvalue weighted by atomic mass is 16.2. The molecular formula is C15H19N5O. The number of likely N-dealkylation sites (N-methyl/N-ethyl adjacent to an activating group) is 1. The summed E-state index contributed by atoms with van der Waals surface area (Å²) in [7, 11) is 1.83. The second kappa shape index (κ2) is 5.63. The molecule has 1 aliphatic carbocycles. The van der Waals surface area contributed by atoms with E-state index < -0.39 is 0 Å². The lowest BCUT2D eigenvalue weighted by atomic mass is 10.0. The summed E-state index contributed by atoms with van der Waals surface area (Å²) < 4.78 is 0. The number of carbonyl (C=O) groups excluding carboxylic acids is 1. The zero-order chi connectivity index (χ0) is 14.8. The second-order valence-corrected chi connectivity index (χ2v) is 5.65. The van der Waals surface area contributed by atoms with Crippen molar-refractivity contribution in [3.63, 3.8) is 0 Å². The molecule has 3 rings (SSSR count). The number of rotatable bonds is 4. The van der Waals surface area contributed by atoms with Crippen molar-refractivity contribution in [1.29, 1.82) is 0 Å². The first kappa shape index (κ1) is 13.7. The Hall–Kier alpha value is -2.24. The lowest BCUT2D eigenvalue weighted by molar-refractivity contribution is 0.0786. The number of carbonyl (C=O) groups is 1. The average molecular weight is 285 g/mol. The predicted molar refractivity (Wildman–Crippen MR) is 78.0 cm³/mol. The van der Waals surface area contributed by atoms with Crippen molar-refractivity contribution < 1.29 is 4.79 Å². The van der Waals surface area contributed by atoms with Gasteiger partial charge in [-0.05, 0) is 36.5 Å². The van der Waals surface area contributed by atoms with Gasteiger partial charge in [0.05, 0.1) is 0 Å². The van der Waals surface area contributed by atoms with E-state index in [1.807, 2.05) is 26.1 Å². The van der Waals surface area contributed by atoms with E-state index in [9.17, 15) is 4.79 Å². The Bertz CT molecular complexity index is 638. The van der Waals surface area contributed by atoms with Crippen LogP contribution >= 0.6 is 0 Å². The summed E-state index contributed by atoms with van der Waals surface area (Å²) in [5, 5.41) is 14.0. The molecule has 1 heterocycles. The number of nitrogens with one attached hydrogen (secondary N) is 1. The topological polar surface area (TPSA) is 74.8 Å². The van der Waals surface area contributed by atoms with Gasteiger partial charge in [-0.3, -0.25) is 4.79 Å². The molecule has 1 amide bonds. The van der Waals surface area contributed by atoms with Crippen molar-refractivity contribution in [3.05, 3.63) is 40.7 Å². The SMILES string of the molecule is CC(CN(C)C(=O)c1cccc2c1CCC2)c1nn[nH]n1. The zero-order valence-electron chi connectivity index (χ0n) is 12.3.